The summed E-state index contributed by atoms with van der Waals surface area (Å²) in [5, 5.41) is 20.0. The number of nitro groups is 1. The third-order valence-corrected chi connectivity index (χ3v) is 3.31. The van der Waals surface area contributed by atoms with Crippen molar-refractivity contribution in [3.8, 4) is 0 Å². The first-order valence-electron chi connectivity index (χ1n) is 5.27. The molecule has 0 spiro atoms. The van der Waals surface area contributed by atoms with Crippen LogP contribution in [0.25, 0.3) is 0 Å². The molecule has 1 aromatic rings. The van der Waals surface area contributed by atoms with Gasteiger partial charge in [0.2, 0.25) is 0 Å². The largest absolute Gasteiger partial charge is 0.396 e. The quantitative estimate of drug-likeness (QED) is 0.677. The number of pyridine rings is 1. The second-order valence-corrected chi connectivity index (χ2v) is 4.95. The van der Waals surface area contributed by atoms with E-state index in [-0.39, 0.29) is 18.3 Å². The minimum absolute atomic E-state index is 0.117. The molecular weight excluding hydrogens is 290 g/mol. The van der Waals surface area contributed by atoms with Gasteiger partial charge in [-0.2, -0.15) is 0 Å². The van der Waals surface area contributed by atoms with Crippen molar-refractivity contribution in [1.82, 2.24) is 4.98 Å². The van der Waals surface area contributed by atoms with E-state index in [0.29, 0.717) is 23.2 Å². The lowest BCUT2D eigenvalue weighted by molar-refractivity contribution is -0.388. The van der Waals surface area contributed by atoms with Crippen LogP contribution < -0.4 is 4.90 Å². The average Bonchev–Trinajstić information content (AvgIpc) is 2.76. The van der Waals surface area contributed by atoms with E-state index in [1.54, 1.807) is 6.07 Å². The zero-order chi connectivity index (χ0) is 12.4. The van der Waals surface area contributed by atoms with Crippen LogP contribution in [0.1, 0.15) is 6.42 Å². The summed E-state index contributed by atoms with van der Waals surface area (Å²) in [5.74, 6) is 0.0559. The maximum absolute atomic E-state index is 10.9. The molecular formula is C10H12BrN3O3. The van der Waals surface area contributed by atoms with Gasteiger partial charge in [0.25, 0.3) is 0 Å². The van der Waals surface area contributed by atoms with Crippen LogP contribution in [0.2, 0.25) is 0 Å². The van der Waals surface area contributed by atoms with Gasteiger partial charge < -0.3 is 20.1 Å². The van der Waals surface area contributed by atoms with E-state index in [1.807, 2.05) is 4.90 Å². The summed E-state index contributed by atoms with van der Waals surface area (Å²) in [5.41, 5.74) is 0.514. The van der Waals surface area contributed by atoms with Gasteiger partial charge in [0.1, 0.15) is 5.69 Å². The van der Waals surface area contributed by atoms with Gasteiger partial charge in [-0.25, -0.2) is 0 Å². The molecule has 1 aliphatic heterocycles. The average molecular weight is 302 g/mol. The molecule has 0 aromatic carbocycles. The Labute approximate surface area is 107 Å². The molecule has 1 fully saturated rings. The highest BCUT2D eigenvalue weighted by Crippen LogP contribution is 2.32. The van der Waals surface area contributed by atoms with Gasteiger partial charge in [-0.3, -0.25) is 0 Å². The van der Waals surface area contributed by atoms with Gasteiger partial charge >= 0.3 is 5.82 Å². The molecule has 0 amide bonds. The summed E-state index contributed by atoms with van der Waals surface area (Å²) >= 11 is 3.26. The van der Waals surface area contributed by atoms with Crippen LogP contribution in [0, 0.1) is 16.0 Å². The summed E-state index contributed by atoms with van der Waals surface area (Å²) in [6, 6.07) is 1.70. The van der Waals surface area contributed by atoms with Gasteiger partial charge in [-0.15, -0.1) is 0 Å². The first-order valence-corrected chi connectivity index (χ1v) is 6.07. The Kier molecular flexibility index (Phi) is 3.58. The lowest BCUT2D eigenvalue weighted by Crippen LogP contribution is -2.22. The van der Waals surface area contributed by atoms with Crippen molar-refractivity contribution in [3.05, 3.63) is 26.9 Å². The van der Waals surface area contributed by atoms with E-state index in [1.165, 1.54) is 6.20 Å². The summed E-state index contributed by atoms with van der Waals surface area (Å²) in [7, 11) is 0. The van der Waals surface area contributed by atoms with Crippen LogP contribution >= 0.6 is 15.9 Å². The minimum atomic E-state index is -0.478. The van der Waals surface area contributed by atoms with Crippen LogP contribution in [0.4, 0.5) is 11.5 Å². The fourth-order valence-electron chi connectivity index (χ4n) is 2.00. The molecule has 2 heterocycles. The number of hydrogen-bond donors (Lipinski definition) is 1. The molecule has 1 aliphatic rings. The van der Waals surface area contributed by atoms with Crippen molar-refractivity contribution >= 4 is 27.4 Å². The van der Waals surface area contributed by atoms with Crippen molar-refractivity contribution in [3.63, 3.8) is 0 Å². The van der Waals surface area contributed by atoms with Crippen molar-refractivity contribution in [1.29, 1.82) is 0 Å². The molecule has 1 N–H and O–H groups in total. The van der Waals surface area contributed by atoms with Crippen molar-refractivity contribution in [2.24, 2.45) is 5.92 Å². The van der Waals surface area contributed by atoms with E-state index in [2.05, 4.69) is 20.9 Å². The summed E-state index contributed by atoms with van der Waals surface area (Å²) in [6.07, 6.45) is 2.27. The first kappa shape index (κ1) is 12.3. The topological polar surface area (TPSA) is 79.5 Å². The number of halogens is 1. The third kappa shape index (κ3) is 2.55. The number of aliphatic hydroxyl groups is 1. The number of anilines is 1. The van der Waals surface area contributed by atoms with E-state index in [9.17, 15) is 10.1 Å². The van der Waals surface area contributed by atoms with Gasteiger partial charge in [0.05, 0.1) is 4.47 Å². The Balaban J connectivity index is 2.31. The highest BCUT2D eigenvalue weighted by atomic mass is 79.9. The molecule has 0 bridgehead atoms. The Morgan fingerprint density at radius 3 is 3.06 bits per heavy atom. The van der Waals surface area contributed by atoms with Gasteiger partial charge in [0, 0.05) is 25.6 Å². The molecule has 0 radical (unpaired) electrons. The zero-order valence-electron chi connectivity index (χ0n) is 9.04. The Morgan fingerprint density at radius 2 is 2.47 bits per heavy atom. The molecule has 0 aliphatic carbocycles. The van der Waals surface area contributed by atoms with Crippen molar-refractivity contribution in [2.75, 3.05) is 24.6 Å². The predicted molar refractivity (Wildman–Crippen MR) is 66.0 cm³/mol. The molecule has 6 nitrogen and oxygen atoms in total. The van der Waals surface area contributed by atoms with E-state index < -0.39 is 4.92 Å². The number of nitrogens with zero attached hydrogens (tertiary/aromatic N) is 3. The molecule has 0 saturated carbocycles. The highest BCUT2D eigenvalue weighted by Gasteiger charge is 2.28. The number of rotatable bonds is 3. The van der Waals surface area contributed by atoms with E-state index in [0.717, 1.165) is 6.42 Å². The number of hydrogen-bond acceptors (Lipinski definition) is 5. The second-order valence-electron chi connectivity index (χ2n) is 4.04. The van der Waals surface area contributed by atoms with Crippen LogP contribution in [-0.4, -0.2) is 34.7 Å². The van der Waals surface area contributed by atoms with E-state index in [4.69, 9.17) is 5.11 Å². The molecule has 2 rings (SSSR count). The fraction of sp³-hybridized carbons (Fsp3) is 0.500. The molecule has 7 heteroatoms. The predicted octanol–water partition coefficient (Wildman–Crippen LogP) is 1.57. The summed E-state index contributed by atoms with van der Waals surface area (Å²) < 4.78 is 0.713. The summed E-state index contributed by atoms with van der Waals surface area (Å²) in [6.45, 7) is 1.46. The van der Waals surface area contributed by atoms with Crippen molar-refractivity contribution in [2.45, 2.75) is 6.42 Å². The van der Waals surface area contributed by atoms with Gasteiger partial charge in [-0.05, 0) is 38.3 Å². The Hall–Kier alpha value is -1.21. The smallest absolute Gasteiger partial charge is 0.387 e. The second kappa shape index (κ2) is 4.97. The molecule has 1 atom stereocenters. The SMILES string of the molecule is O=[N+]([O-])c1ncc(Br)cc1N1CCC(CO)C1. The van der Waals surface area contributed by atoms with Crippen LogP contribution in [0.3, 0.4) is 0 Å². The lowest BCUT2D eigenvalue weighted by Gasteiger charge is -2.17. The van der Waals surface area contributed by atoms with Gasteiger partial charge in [0.15, 0.2) is 6.20 Å². The molecule has 1 unspecified atom stereocenters. The Morgan fingerprint density at radius 1 is 1.71 bits per heavy atom. The standard InChI is InChI=1S/C10H12BrN3O3/c11-8-3-9(10(12-4-8)14(16)17)13-2-1-7(5-13)6-15/h3-4,7,15H,1-2,5-6H2. The minimum Gasteiger partial charge on any atom is -0.396 e. The maximum atomic E-state index is 10.9. The van der Waals surface area contributed by atoms with Gasteiger partial charge in [-0.1, -0.05) is 0 Å². The van der Waals surface area contributed by atoms with Crippen LogP contribution in [0.15, 0.2) is 16.7 Å². The molecule has 1 saturated heterocycles. The fourth-order valence-corrected chi connectivity index (χ4v) is 2.31. The first-order chi connectivity index (χ1) is 8.11. The number of aromatic nitrogens is 1. The zero-order valence-corrected chi connectivity index (χ0v) is 10.6. The third-order valence-electron chi connectivity index (χ3n) is 2.87. The normalized spacial score (nSPS) is 19.6. The lowest BCUT2D eigenvalue weighted by atomic mass is 10.1. The van der Waals surface area contributed by atoms with E-state index >= 15 is 0 Å². The summed E-state index contributed by atoms with van der Waals surface area (Å²) in [4.78, 5) is 16.1. The molecule has 1 aromatic heterocycles. The maximum Gasteiger partial charge on any atom is 0.387 e. The van der Waals surface area contributed by atoms with Crippen LogP contribution in [0.5, 0.6) is 0 Å². The van der Waals surface area contributed by atoms with Crippen molar-refractivity contribution < 1.29 is 10.0 Å². The molecule has 17 heavy (non-hydrogen) atoms. The van der Waals surface area contributed by atoms with Crippen LogP contribution in [-0.2, 0) is 0 Å². The number of aliphatic hydroxyl groups excluding tert-OH is 1. The molecule has 92 valence electrons. The Bertz CT molecular complexity index is 441. The monoisotopic (exact) mass is 301 g/mol. The highest BCUT2D eigenvalue weighted by molar-refractivity contribution is 9.10.